The van der Waals surface area contributed by atoms with Crippen LogP contribution in [0.25, 0.3) is 6.08 Å². The third kappa shape index (κ3) is 5.25. The van der Waals surface area contributed by atoms with Gasteiger partial charge in [-0.3, -0.25) is 4.79 Å². The highest BCUT2D eigenvalue weighted by Gasteiger charge is 2.26. The Kier molecular flexibility index (Phi) is 7.10. The van der Waals surface area contributed by atoms with Gasteiger partial charge in [-0.2, -0.15) is 5.26 Å². The van der Waals surface area contributed by atoms with Crippen molar-refractivity contribution >= 4 is 27.7 Å². The molecule has 2 N–H and O–H groups in total. The van der Waals surface area contributed by atoms with E-state index in [0.717, 1.165) is 11.1 Å². The normalized spacial score (nSPS) is 13.6. The first-order valence-corrected chi connectivity index (χ1v) is 12.7. The second-order valence-electron chi connectivity index (χ2n) is 8.45. The Balaban J connectivity index is 1.47. The molecular weight excluding hydrogens is 478 g/mol. The van der Waals surface area contributed by atoms with Gasteiger partial charge in [0.15, 0.2) is 11.5 Å². The molecule has 1 aliphatic rings. The molecule has 0 unspecified atom stereocenters. The maximum atomic E-state index is 12.9. The van der Waals surface area contributed by atoms with Crippen LogP contribution in [0.15, 0.2) is 77.2 Å². The van der Waals surface area contributed by atoms with Gasteiger partial charge in [0.1, 0.15) is 11.6 Å². The van der Waals surface area contributed by atoms with Crippen molar-refractivity contribution in [2.45, 2.75) is 23.8 Å². The van der Waals surface area contributed by atoms with E-state index in [1.807, 2.05) is 30.3 Å². The van der Waals surface area contributed by atoms with Gasteiger partial charge in [-0.15, -0.1) is 0 Å². The second kappa shape index (κ2) is 10.2. The summed E-state index contributed by atoms with van der Waals surface area (Å²) in [5, 5.41) is 19.3. The van der Waals surface area contributed by atoms with Crippen molar-refractivity contribution in [3.8, 4) is 17.6 Å². The number of carbonyl (C=O) groups is 1. The molecule has 0 bridgehead atoms. The summed E-state index contributed by atoms with van der Waals surface area (Å²) < 4.78 is 33.7. The maximum absolute atomic E-state index is 12.9. The maximum Gasteiger partial charge on any atom is 0.268 e. The van der Waals surface area contributed by atoms with Crippen LogP contribution in [-0.4, -0.2) is 39.6 Å². The standard InChI is InChI=1S/C27H25N3O5S/c1-30(27(32)21(17-28)13-18-7-12-25(31)26(14-18)35-2)23-8-10-24(11-9-23)36(33,34)29-22-15-19-5-3-4-6-20(19)16-22/h3-14,22,29,31H,15-16H2,1-2H3/b21-13+. The summed E-state index contributed by atoms with van der Waals surface area (Å²) in [5.74, 6) is -0.408. The Morgan fingerprint density at radius 1 is 1.11 bits per heavy atom. The fourth-order valence-electron chi connectivity index (χ4n) is 4.17. The minimum atomic E-state index is -3.75. The number of ether oxygens (including phenoxy) is 1. The van der Waals surface area contributed by atoms with Crippen LogP contribution >= 0.6 is 0 Å². The Bertz CT molecular complexity index is 1450. The van der Waals surface area contributed by atoms with E-state index in [-0.39, 0.29) is 28.0 Å². The van der Waals surface area contributed by atoms with Crippen LogP contribution in [0.2, 0.25) is 0 Å². The Labute approximate surface area is 210 Å². The Morgan fingerprint density at radius 2 is 1.75 bits per heavy atom. The first-order chi connectivity index (χ1) is 17.2. The van der Waals surface area contributed by atoms with Crippen molar-refractivity contribution in [1.29, 1.82) is 5.26 Å². The summed E-state index contributed by atoms with van der Waals surface area (Å²) in [6.07, 6.45) is 2.67. The predicted molar refractivity (Wildman–Crippen MR) is 136 cm³/mol. The lowest BCUT2D eigenvalue weighted by Gasteiger charge is -2.18. The summed E-state index contributed by atoms with van der Waals surface area (Å²) >= 11 is 0. The van der Waals surface area contributed by atoms with E-state index in [1.165, 1.54) is 61.5 Å². The van der Waals surface area contributed by atoms with Crippen LogP contribution in [0.5, 0.6) is 11.5 Å². The second-order valence-corrected chi connectivity index (χ2v) is 10.2. The molecule has 4 rings (SSSR count). The van der Waals surface area contributed by atoms with E-state index in [1.54, 1.807) is 6.07 Å². The number of phenolic OH excluding ortho intramolecular Hbond substituents is 1. The molecule has 0 fully saturated rings. The highest BCUT2D eigenvalue weighted by molar-refractivity contribution is 7.89. The number of benzene rings is 3. The molecule has 0 atom stereocenters. The number of nitrogens with zero attached hydrogens (tertiary/aromatic N) is 2. The van der Waals surface area contributed by atoms with Gasteiger partial charge in [0.05, 0.1) is 12.0 Å². The number of methoxy groups -OCH3 is 1. The third-order valence-corrected chi connectivity index (χ3v) is 7.61. The number of phenols is 1. The molecule has 8 nitrogen and oxygen atoms in total. The predicted octanol–water partition coefficient (Wildman–Crippen LogP) is 3.42. The lowest BCUT2D eigenvalue weighted by molar-refractivity contribution is -0.114. The Hall–Kier alpha value is -4.13. The summed E-state index contributed by atoms with van der Waals surface area (Å²) in [4.78, 5) is 14.3. The van der Waals surface area contributed by atoms with Crippen molar-refractivity contribution in [2.75, 3.05) is 19.1 Å². The number of fused-ring (bicyclic) bond motifs is 1. The van der Waals surface area contributed by atoms with E-state index in [2.05, 4.69) is 4.72 Å². The van der Waals surface area contributed by atoms with Gasteiger partial charge in [-0.1, -0.05) is 30.3 Å². The number of carbonyl (C=O) groups excluding carboxylic acids is 1. The van der Waals surface area contributed by atoms with Crippen molar-refractivity contribution in [2.24, 2.45) is 0 Å². The van der Waals surface area contributed by atoms with E-state index >= 15 is 0 Å². The number of aromatic hydroxyl groups is 1. The van der Waals surface area contributed by atoms with Gasteiger partial charge in [-0.25, -0.2) is 13.1 Å². The zero-order valence-electron chi connectivity index (χ0n) is 19.8. The average molecular weight is 504 g/mol. The number of nitrogens with one attached hydrogen (secondary N) is 1. The zero-order chi connectivity index (χ0) is 25.9. The summed E-state index contributed by atoms with van der Waals surface area (Å²) in [5.41, 5.74) is 3.09. The lowest BCUT2D eigenvalue weighted by atomic mass is 10.1. The molecule has 0 spiro atoms. The molecule has 0 heterocycles. The number of sulfonamides is 1. The molecule has 1 amide bonds. The van der Waals surface area contributed by atoms with Gasteiger partial charge in [0.2, 0.25) is 10.0 Å². The first-order valence-electron chi connectivity index (χ1n) is 11.2. The van der Waals surface area contributed by atoms with Crippen molar-refractivity contribution < 1.29 is 23.1 Å². The van der Waals surface area contributed by atoms with Gasteiger partial charge in [0, 0.05) is 18.8 Å². The number of amides is 1. The molecule has 0 aliphatic heterocycles. The number of hydrogen-bond donors (Lipinski definition) is 2. The molecular formula is C27H25N3O5S. The van der Waals surface area contributed by atoms with Gasteiger partial charge in [-0.05, 0) is 72.0 Å². The minimum Gasteiger partial charge on any atom is -0.504 e. The molecule has 0 saturated heterocycles. The molecule has 184 valence electrons. The third-order valence-electron chi connectivity index (χ3n) is 6.08. The smallest absolute Gasteiger partial charge is 0.268 e. The molecule has 0 radical (unpaired) electrons. The molecule has 36 heavy (non-hydrogen) atoms. The van der Waals surface area contributed by atoms with Crippen molar-refractivity contribution in [3.05, 3.63) is 89.0 Å². The van der Waals surface area contributed by atoms with Gasteiger partial charge >= 0.3 is 0 Å². The number of hydrogen-bond acceptors (Lipinski definition) is 6. The van der Waals surface area contributed by atoms with Crippen LogP contribution < -0.4 is 14.4 Å². The number of anilines is 1. The van der Waals surface area contributed by atoms with E-state index in [9.17, 15) is 23.6 Å². The van der Waals surface area contributed by atoms with Crippen LogP contribution in [-0.2, 0) is 27.7 Å². The van der Waals surface area contributed by atoms with Gasteiger partial charge < -0.3 is 14.7 Å². The number of likely N-dealkylation sites (N-methyl/N-ethyl adjacent to an activating group) is 1. The molecule has 0 saturated carbocycles. The quantitative estimate of drug-likeness (QED) is 0.377. The topological polar surface area (TPSA) is 120 Å². The van der Waals surface area contributed by atoms with Crippen molar-refractivity contribution in [1.82, 2.24) is 4.72 Å². The highest BCUT2D eigenvalue weighted by Crippen LogP contribution is 2.28. The zero-order valence-corrected chi connectivity index (χ0v) is 20.6. The molecule has 9 heteroatoms. The summed E-state index contributed by atoms with van der Waals surface area (Å²) in [7, 11) is -0.841. The first kappa shape index (κ1) is 25.0. The average Bonchev–Trinajstić information content (AvgIpc) is 3.29. The fourth-order valence-corrected chi connectivity index (χ4v) is 5.40. The molecule has 3 aromatic carbocycles. The fraction of sp³-hybridized carbons (Fsp3) is 0.185. The van der Waals surface area contributed by atoms with E-state index in [0.29, 0.717) is 24.1 Å². The van der Waals surface area contributed by atoms with Crippen LogP contribution in [0, 0.1) is 11.3 Å². The Morgan fingerprint density at radius 3 is 2.33 bits per heavy atom. The van der Waals surface area contributed by atoms with E-state index < -0.39 is 15.9 Å². The van der Waals surface area contributed by atoms with E-state index in [4.69, 9.17) is 4.74 Å². The van der Waals surface area contributed by atoms with Crippen molar-refractivity contribution in [3.63, 3.8) is 0 Å². The summed E-state index contributed by atoms with van der Waals surface area (Å²) in [6, 6.07) is 20.0. The van der Waals surface area contributed by atoms with Crippen LogP contribution in [0.4, 0.5) is 5.69 Å². The monoisotopic (exact) mass is 503 g/mol. The van der Waals surface area contributed by atoms with Gasteiger partial charge in [0.25, 0.3) is 5.91 Å². The SMILES string of the molecule is COc1cc(/C=C(\C#N)C(=O)N(C)c2ccc(S(=O)(=O)NC3Cc4ccccc4C3)cc2)ccc1O. The molecule has 3 aromatic rings. The molecule has 0 aromatic heterocycles. The molecule has 1 aliphatic carbocycles. The highest BCUT2D eigenvalue weighted by atomic mass is 32.2. The van der Waals surface area contributed by atoms with Crippen LogP contribution in [0.3, 0.4) is 0 Å². The summed E-state index contributed by atoms with van der Waals surface area (Å²) in [6.45, 7) is 0. The largest absolute Gasteiger partial charge is 0.504 e. The number of rotatable bonds is 7. The van der Waals surface area contributed by atoms with Crippen LogP contribution in [0.1, 0.15) is 16.7 Å². The lowest BCUT2D eigenvalue weighted by Crippen LogP contribution is -2.35. The number of nitriles is 1. The minimum absolute atomic E-state index is 0.0568.